The van der Waals surface area contributed by atoms with Crippen molar-refractivity contribution in [2.24, 2.45) is 5.92 Å². The molecule has 1 aliphatic heterocycles. The molecule has 4 atom stereocenters. The van der Waals surface area contributed by atoms with Gasteiger partial charge in [-0.25, -0.2) is 0 Å². The summed E-state index contributed by atoms with van der Waals surface area (Å²) in [5.41, 5.74) is 0. The second-order valence-corrected chi connectivity index (χ2v) is 5.78. The third-order valence-electron chi connectivity index (χ3n) is 4.28. The summed E-state index contributed by atoms with van der Waals surface area (Å²) in [5, 5.41) is 2.88. The number of carbonyl (C=O) groups is 2. The lowest BCUT2D eigenvalue weighted by atomic mass is 9.93. The van der Waals surface area contributed by atoms with Crippen LogP contribution in [0.4, 0.5) is 0 Å². The van der Waals surface area contributed by atoms with E-state index in [1.807, 2.05) is 20.8 Å². The fourth-order valence-corrected chi connectivity index (χ4v) is 2.67. The van der Waals surface area contributed by atoms with Crippen LogP contribution in [0, 0.1) is 5.92 Å². The van der Waals surface area contributed by atoms with Crippen molar-refractivity contribution >= 4 is 11.8 Å². The Morgan fingerprint density at radius 3 is 2.42 bits per heavy atom. The molecule has 0 bridgehead atoms. The first-order chi connectivity index (χ1) is 8.93. The Labute approximate surface area is 116 Å². The Morgan fingerprint density at radius 1 is 1.26 bits per heavy atom. The molecular formula is C15H28N2O2. The van der Waals surface area contributed by atoms with E-state index < -0.39 is 0 Å². The molecule has 1 saturated heterocycles. The molecule has 1 fully saturated rings. The smallest absolute Gasteiger partial charge is 0.246 e. The van der Waals surface area contributed by atoms with Crippen molar-refractivity contribution in [1.82, 2.24) is 10.2 Å². The SMILES string of the molecule is CCCCC(C)N1C(=O)C(C(C)CC)NC(=O)C1C. The Morgan fingerprint density at radius 2 is 1.89 bits per heavy atom. The first-order valence-corrected chi connectivity index (χ1v) is 7.56. The van der Waals surface area contributed by atoms with E-state index in [9.17, 15) is 9.59 Å². The summed E-state index contributed by atoms with van der Waals surface area (Å²) in [6.45, 7) is 10.1. The quantitative estimate of drug-likeness (QED) is 0.803. The first kappa shape index (κ1) is 16.0. The van der Waals surface area contributed by atoms with Gasteiger partial charge in [-0.15, -0.1) is 0 Å². The van der Waals surface area contributed by atoms with Crippen LogP contribution >= 0.6 is 0 Å². The number of rotatable bonds is 6. The summed E-state index contributed by atoms with van der Waals surface area (Å²) >= 11 is 0. The van der Waals surface area contributed by atoms with Crippen molar-refractivity contribution in [2.75, 3.05) is 0 Å². The summed E-state index contributed by atoms with van der Waals surface area (Å²) in [6.07, 6.45) is 4.06. The van der Waals surface area contributed by atoms with E-state index in [0.717, 1.165) is 25.7 Å². The second-order valence-electron chi connectivity index (χ2n) is 5.78. The van der Waals surface area contributed by atoms with Crippen molar-refractivity contribution in [2.45, 2.75) is 78.4 Å². The predicted octanol–water partition coefficient (Wildman–Crippen LogP) is 2.33. The molecule has 1 aliphatic rings. The van der Waals surface area contributed by atoms with Gasteiger partial charge in [-0.2, -0.15) is 0 Å². The van der Waals surface area contributed by atoms with Crippen molar-refractivity contribution in [3.05, 3.63) is 0 Å². The maximum Gasteiger partial charge on any atom is 0.246 e. The Kier molecular flexibility index (Phi) is 5.83. The molecule has 4 nitrogen and oxygen atoms in total. The molecule has 4 heteroatoms. The minimum absolute atomic E-state index is 0.0201. The molecular weight excluding hydrogens is 240 g/mol. The number of amides is 2. The second kappa shape index (κ2) is 6.92. The van der Waals surface area contributed by atoms with Crippen molar-refractivity contribution < 1.29 is 9.59 Å². The molecule has 4 unspecified atom stereocenters. The van der Waals surface area contributed by atoms with Crippen LogP contribution in [0.15, 0.2) is 0 Å². The highest BCUT2D eigenvalue weighted by Crippen LogP contribution is 2.21. The molecule has 2 amide bonds. The van der Waals surface area contributed by atoms with Gasteiger partial charge in [0.25, 0.3) is 0 Å². The van der Waals surface area contributed by atoms with Crippen LogP contribution in [0.3, 0.4) is 0 Å². The van der Waals surface area contributed by atoms with Crippen LogP contribution in [0.1, 0.15) is 60.3 Å². The summed E-state index contributed by atoms with van der Waals surface area (Å²) in [7, 11) is 0. The van der Waals surface area contributed by atoms with Gasteiger partial charge < -0.3 is 10.2 Å². The topological polar surface area (TPSA) is 49.4 Å². The van der Waals surface area contributed by atoms with Crippen molar-refractivity contribution in [3.8, 4) is 0 Å². The summed E-state index contributed by atoms with van der Waals surface area (Å²) in [5.74, 6) is 0.253. The zero-order valence-electron chi connectivity index (χ0n) is 12.9. The monoisotopic (exact) mass is 268 g/mol. The zero-order chi connectivity index (χ0) is 14.6. The maximum atomic E-state index is 12.6. The van der Waals surface area contributed by atoms with E-state index >= 15 is 0 Å². The maximum absolute atomic E-state index is 12.6. The van der Waals surface area contributed by atoms with Gasteiger partial charge >= 0.3 is 0 Å². The van der Waals surface area contributed by atoms with E-state index in [4.69, 9.17) is 0 Å². The third kappa shape index (κ3) is 3.48. The number of nitrogens with zero attached hydrogens (tertiary/aromatic N) is 1. The molecule has 0 aliphatic carbocycles. The van der Waals surface area contributed by atoms with Gasteiger partial charge in [-0.05, 0) is 26.2 Å². The van der Waals surface area contributed by atoms with Crippen LogP contribution < -0.4 is 5.32 Å². The molecule has 0 aromatic rings. The standard InChI is InChI=1S/C15H28N2O2/c1-6-8-9-11(4)17-12(5)14(18)16-13(15(17)19)10(3)7-2/h10-13H,6-9H2,1-5H3,(H,16,18). The largest absolute Gasteiger partial charge is 0.342 e. The van der Waals surface area contributed by atoms with Crippen LogP contribution in [-0.2, 0) is 9.59 Å². The Balaban J connectivity index is 2.86. The summed E-state index contributed by atoms with van der Waals surface area (Å²) < 4.78 is 0. The van der Waals surface area contributed by atoms with Crippen molar-refractivity contribution in [1.29, 1.82) is 0 Å². The zero-order valence-corrected chi connectivity index (χ0v) is 12.9. The number of hydrogen-bond acceptors (Lipinski definition) is 2. The summed E-state index contributed by atoms with van der Waals surface area (Å²) in [4.78, 5) is 26.4. The third-order valence-corrected chi connectivity index (χ3v) is 4.28. The molecule has 1 heterocycles. The fourth-order valence-electron chi connectivity index (χ4n) is 2.67. The molecule has 0 radical (unpaired) electrons. The predicted molar refractivity (Wildman–Crippen MR) is 76.7 cm³/mol. The van der Waals surface area contributed by atoms with E-state index in [2.05, 4.69) is 19.2 Å². The van der Waals surface area contributed by atoms with Crippen molar-refractivity contribution in [3.63, 3.8) is 0 Å². The van der Waals surface area contributed by atoms with Gasteiger partial charge in [-0.3, -0.25) is 9.59 Å². The number of nitrogens with one attached hydrogen (secondary N) is 1. The van der Waals surface area contributed by atoms with Gasteiger partial charge in [0.05, 0.1) is 0 Å². The molecule has 1 rings (SSSR count). The Bertz CT molecular complexity index is 330. The van der Waals surface area contributed by atoms with Crippen LogP contribution in [0.5, 0.6) is 0 Å². The van der Waals surface area contributed by atoms with Gasteiger partial charge in [0, 0.05) is 6.04 Å². The molecule has 110 valence electrons. The lowest BCUT2D eigenvalue weighted by Gasteiger charge is -2.42. The molecule has 19 heavy (non-hydrogen) atoms. The van der Waals surface area contributed by atoms with Gasteiger partial charge in [0.2, 0.25) is 11.8 Å². The average Bonchev–Trinajstić information content (AvgIpc) is 2.39. The number of unbranched alkanes of at least 4 members (excludes halogenated alkanes) is 1. The lowest BCUT2D eigenvalue weighted by Crippen LogP contribution is -2.65. The van der Waals surface area contributed by atoms with E-state index in [1.54, 1.807) is 4.90 Å². The highest BCUT2D eigenvalue weighted by atomic mass is 16.2. The minimum Gasteiger partial charge on any atom is -0.342 e. The van der Waals surface area contributed by atoms with Crippen LogP contribution in [0.25, 0.3) is 0 Å². The van der Waals surface area contributed by atoms with Crippen LogP contribution in [0.2, 0.25) is 0 Å². The highest BCUT2D eigenvalue weighted by Gasteiger charge is 2.41. The van der Waals surface area contributed by atoms with Crippen LogP contribution in [-0.4, -0.2) is 34.8 Å². The number of carbonyl (C=O) groups excluding carboxylic acids is 2. The normalized spacial score (nSPS) is 27.1. The molecule has 0 aromatic carbocycles. The van der Waals surface area contributed by atoms with E-state index in [-0.39, 0.29) is 35.9 Å². The Hall–Kier alpha value is -1.06. The highest BCUT2D eigenvalue weighted by molar-refractivity contribution is 5.97. The first-order valence-electron chi connectivity index (χ1n) is 7.56. The molecule has 0 saturated carbocycles. The molecule has 0 spiro atoms. The number of piperazine rings is 1. The number of hydrogen-bond donors (Lipinski definition) is 1. The van der Waals surface area contributed by atoms with E-state index in [0.29, 0.717) is 0 Å². The van der Waals surface area contributed by atoms with E-state index in [1.165, 1.54) is 0 Å². The molecule has 1 N–H and O–H groups in total. The fraction of sp³-hybridized carbons (Fsp3) is 0.867. The van der Waals surface area contributed by atoms with Gasteiger partial charge in [0.15, 0.2) is 0 Å². The summed E-state index contributed by atoms with van der Waals surface area (Å²) in [6, 6.07) is -0.558. The average molecular weight is 268 g/mol. The molecule has 0 aromatic heterocycles. The van der Waals surface area contributed by atoms with Gasteiger partial charge in [-0.1, -0.05) is 40.0 Å². The van der Waals surface area contributed by atoms with Gasteiger partial charge in [0.1, 0.15) is 12.1 Å². The minimum atomic E-state index is -0.349. The lowest BCUT2D eigenvalue weighted by molar-refractivity contribution is -0.152.